The van der Waals surface area contributed by atoms with Crippen LogP contribution in [0.1, 0.15) is 26.5 Å². The van der Waals surface area contributed by atoms with Crippen LogP contribution in [0.25, 0.3) is 0 Å². The van der Waals surface area contributed by atoms with E-state index in [9.17, 15) is 0 Å². The predicted octanol–water partition coefficient (Wildman–Crippen LogP) is 3.11. The van der Waals surface area contributed by atoms with Crippen molar-refractivity contribution >= 4 is 11.6 Å². The van der Waals surface area contributed by atoms with Crippen LogP contribution in [0.2, 0.25) is 0 Å². The van der Waals surface area contributed by atoms with Gasteiger partial charge in [-0.1, -0.05) is 32.0 Å². The van der Waals surface area contributed by atoms with Crippen molar-refractivity contribution in [3.05, 3.63) is 36.0 Å². The van der Waals surface area contributed by atoms with Crippen LogP contribution in [0.15, 0.2) is 30.3 Å². The number of rotatable bonds is 4. The summed E-state index contributed by atoms with van der Waals surface area (Å²) < 4.78 is 5.67. The van der Waals surface area contributed by atoms with E-state index in [1.54, 1.807) is 6.92 Å². The summed E-state index contributed by atoms with van der Waals surface area (Å²) in [4.78, 5) is 0. The Morgan fingerprint density at radius 1 is 1.25 bits per heavy atom. The molecule has 0 amide bonds. The van der Waals surface area contributed by atoms with Crippen molar-refractivity contribution in [3.8, 4) is 11.6 Å². The van der Waals surface area contributed by atoms with Crippen molar-refractivity contribution in [2.24, 2.45) is 0 Å². The third-order valence-electron chi connectivity index (χ3n) is 2.45. The molecule has 0 radical (unpaired) electrons. The van der Waals surface area contributed by atoms with Gasteiger partial charge in [0.05, 0.1) is 0 Å². The van der Waals surface area contributed by atoms with Crippen molar-refractivity contribution in [2.75, 3.05) is 12.5 Å². The van der Waals surface area contributed by atoms with Gasteiger partial charge in [-0.25, -0.2) is 0 Å². The van der Waals surface area contributed by atoms with E-state index in [-0.39, 0.29) is 12.0 Å². The summed E-state index contributed by atoms with van der Waals surface area (Å²) in [5.41, 5.74) is 0.454. The summed E-state index contributed by atoms with van der Waals surface area (Å²) in [6.45, 7) is 5.92. The monoisotopic (exact) mass is 297 g/mol. The van der Waals surface area contributed by atoms with Crippen molar-refractivity contribution in [1.82, 2.24) is 15.4 Å². The molecule has 1 aromatic heterocycles. The number of alkyl halides is 1. The summed E-state index contributed by atoms with van der Waals surface area (Å²) in [5, 5.41) is 18.3. The molecule has 0 aliphatic heterocycles. The summed E-state index contributed by atoms with van der Waals surface area (Å²) >= 11 is 5.92. The molecule has 0 aliphatic carbocycles. The lowest BCUT2D eigenvalue weighted by Gasteiger charge is -2.18. The molecule has 0 spiro atoms. The van der Waals surface area contributed by atoms with Crippen LogP contribution in [-0.4, -0.2) is 33.0 Å². The van der Waals surface area contributed by atoms with E-state index in [4.69, 9.17) is 21.4 Å². The van der Waals surface area contributed by atoms with Gasteiger partial charge in [-0.15, -0.1) is 16.7 Å². The Bertz CT molecular complexity index is 500. The molecule has 6 heteroatoms. The molecule has 20 heavy (non-hydrogen) atoms. The van der Waals surface area contributed by atoms with Crippen LogP contribution >= 0.6 is 11.6 Å². The second kappa shape index (κ2) is 7.87. The third kappa shape index (κ3) is 4.51. The Morgan fingerprint density at radius 2 is 1.85 bits per heavy atom. The van der Waals surface area contributed by atoms with E-state index in [1.165, 1.54) is 0 Å². The van der Waals surface area contributed by atoms with Gasteiger partial charge in [0.2, 0.25) is 0 Å². The second-order valence-electron chi connectivity index (χ2n) is 4.73. The number of aromatic nitrogens is 3. The minimum atomic E-state index is -0.279. The van der Waals surface area contributed by atoms with E-state index in [2.05, 4.69) is 15.4 Å². The van der Waals surface area contributed by atoms with E-state index in [0.29, 0.717) is 11.8 Å². The number of hydrogen-bond donors (Lipinski definition) is 2. The Kier molecular flexibility index (Phi) is 6.48. The minimum absolute atomic E-state index is 0.250. The van der Waals surface area contributed by atoms with Gasteiger partial charge in [0.15, 0.2) is 0 Å². The molecular formula is C14H20ClN3O2. The zero-order valence-corrected chi connectivity index (χ0v) is 12.7. The molecule has 0 aliphatic rings. The maximum Gasteiger partial charge on any atom is 0.262 e. The van der Waals surface area contributed by atoms with Crippen molar-refractivity contribution < 1.29 is 9.84 Å². The normalized spacial score (nSPS) is 10.7. The van der Waals surface area contributed by atoms with Crippen molar-refractivity contribution in [2.45, 2.75) is 26.2 Å². The molecule has 0 atom stereocenters. The molecule has 0 fully saturated rings. The first kappa shape index (κ1) is 16.5. The topological polar surface area (TPSA) is 71.0 Å². The first-order chi connectivity index (χ1) is 9.55. The summed E-state index contributed by atoms with van der Waals surface area (Å²) in [7, 11) is 0. The van der Waals surface area contributed by atoms with E-state index in [0.717, 1.165) is 11.4 Å². The number of hydrogen-bond acceptors (Lipinski definition) is 4. The van der Waals surface area contributed by atoms with Crippen LogP contribution < -0.4 is 4.74 Å². The SMILES string of the molecule is CC(C)(CCl)c1n[nH]nc1Oc1ccccc1.CCO. The number of halogens is 1. The number of H-pyrrole nitrogens is 1. The quantitative estimate of drug-likeness (QED) is 0.851. The number of para-hydroxylation sites is 1. The molecule has 1 aromatic carbocycles. The highest BCUT2D eigenvalue weighted by atomic mass is 35.5. The Labute approximate surface area is 123 Å². The lowest BCUT2D eigenvalue weighted by molar-refractivity contribution is 0.318. The average molecular weight is 298 g/mol. The lowest BCUT2D eigenvalue weighted by Crippen LogP contribution is -2.20. The zero-order valence-electron chi connectivity index (χ0n) is 11.9. The number of aromatic amines is 1. The molecule has 0 unspecified atom stereocenters. The van der Waals surface area contributed by atoms with Crippen molar-refractivity contribution in [3.63, 3.8) is 0 Å². The van der Waals surface area contributed by atoms with E-state index < -0.39 is 0 Å². The molecule has 0 bridgehead atoms. The average Bonchev–Trinajstić information content (AvgIpc) is 2.90. The minimum Gasteiger partial charge on any atom is -0.436 e. The summed E-state index contributed by atoms with van der Waals surface area (Å²) in [6.07, 6.45) is 0. The van der Waals surface area contributed by atoms with Gasteiger partial charge >= 0.3 is 0 Å². The molecule has 0 saturated heterocycles. The van der Waals surface area contributed by atoms with Crippen LogP contribution in [0.5, 0.6) is 11.6 Å². The second-order valence-corrected chi connectivity index (χ2v) is 4.99. The fraction of sp³-hybridized carbons (Fsp3) is 0.429. The first-order valence-electron chi connectivity index (χ1n) is 6.36. The molecule has 0 saturated carbocycles. The lowest BCUT2D eigenvalue weighted by atomic mass is 9.92. The van der Waals surface area contributed by atoms with Gasteiger partial charge in [-0.3, -0.25) is 0 Å². The summed E-state index contributed by atoms with van der Waals surface area (Å²) in [5.74, 6) is 1.65. The van der Waals surface area contributed by atoms with Gasteiger partial charge in [-0.05, 0) is 19.1 Å². The molecule has 5 nitrogen and oxygen atoms in total. The molecular weight excluding hydrogens is 278 g/mol. The third-order valence-corrected chi connectivity index (χ3v) is 3.12. The van der Waals surface area contributed by atoms with E-state index in [1.807, 2.05) is 44.2 Å². The predicted molar refractivity (Wildman–Crippen MR) is 79.4 cm³/mol. The molecule has 2 rings (SSSR count). The molecule has 2 N–H and O–H groups in total. The van der Waals surface area contributed by atoms with Crippen LogP contribution in [0.4, 0.5) is 0 Å². The Hall–Kier alpha value is -1.59. The Balaban J connectivity index is 0.000000612. The van der Waals surface area contributed by atoms with Crippen molar-refractivity contribution in [1.29, 1.82) is 0 Å². The molecule has 110 valence electrons. The number of nitrogens with zero attached hydrogens (tertiary/aromatic N) is 2. The van der Waals surface area contributed by atoms with Gasteiger partial charge < -0.3 is 9.84 Å². The first-order valence-corrected chi connectivity index (χ1v) is 6.89. The molecule has 2 aromatic rings. The highest BCUT2D eigenvalue weighted by molar-refractivity contribution is 6.18. The highest BCUT2D eigenvalue weighted by Gasteiger charge is 2.28. The fourth-order valence-corrected chi connectivity index (χ4v) is 1.52. The standard InChI is InChI=1S/C12H14ClN3O.C2H6O/c1-12(2,8-13)10-11(15-16-14-10)17-9-6-4-3-5-7-9;1-2-3/h3-7H,8H2,1-2H3,(H,14,15,16);3H,2H2,1H3. The maximum atomic E-state index is 7.57. The number of aliphatic hydroxyl groups is 1. The van der Waals surface area contributed by atoms with Gasteiger partial charge in [-0.2, -0.15) is 10.3 Å². The van der Waals surface area contributed by atoms with E-state index >= 15 is 0 Å². The maximum absolute atomic E-state index is 7.57. The number of benzene rings is 1. The zero-order chi connectivity index (χ0) is 15.0. The summed E-state index contributed by atoms with van der Waals surface area (Å²) in [6, 6.07) is 9.47. The van der Waals surface area contributed by atoms with Crippen LogP contribution in [0, 0.1) is 0 Å². The molecule has 1 heterocycles. The van der Waals surface area contributed by atoms with Crippen LogP contribution in [0.3, 0.4) is 0 Å². The number of aliphatic hydroxyl groups excluding tert-OH is 1. The highest BCUT2D eigenvalue weighted by Crippen LogP contribution is 2.31. The Morgan fingerprint density at radius 3 is 2.40 bits per heavy atom. The van der Waals surface area contributed by atoms with Gasteiger partial charge in [0.25, 0.3) is 5.88 Å². The van der Waals surface area contributed by atoms with Gasteiger partial charge in [0, 0.05) is 17.9 Å². The fourth-order valence-electron chi connectivity index (χ4n) is 1.40. The largest absolute Gasteiger partial charge is 0.436 e. The number of nitrogens with one attached hydrogen (secondary N) is 1. The van der Waals surface area contributed by atoms with Crippen LogP contribution in [-0.2, 0) is 5.41 Å². The smallest absolute Gasteiger partial charge is 0.262 e. The van der Waals surface area contributed by atoms with Gasteiger partial charge in [0.1, 0.15) is 11.4 Å². The number of ether oxygens (including phenoxy) is 1.